The van der Waals surface area contributed by atoms with Crippen molar-refractivity contribution >= 4 is 12.1 Å². The van der Waals surface area contributed by atoms with Crippen molar-refractivity contribution in [2.24, 2.45) is 0 Å². The second kappa shape index (κ2) is 3.34. The molecular formula is C7H6F2N2O2. The van der Waals surface area contributed by atoms with Gasteiger partial charge in [0.25, 0.3) is 6.43 Å². The Hall–Kier alpha value is -1.72. The Morgan fingerprint density at radius 1 is 1.62 bits per heavy atom. The number of anilines is 1. The van der Waals surface area contributed by atoms with Crippen LogP contribution in [0.2, 0.25) is 0 Å². The number of alkyl halides is 2. The molecule has 0 saturated carbocycles. The number of hydrogen-bond donors (Lipinski definition) is 2. The van der Waals surface area contributed by atoms with Crippen LogP contribution in [0.4, 0.5) is 14.6 Å². The van der Waals surface area contributed by atoms with Crippen LogP contribution in [-0.2, 0) is 0 Å². The maximum Gasteiger partial charge on any atom is 0.267 e. The van der Waals surface area contributed by atoms with Crippen molar-refractivity contribution in [3.8, 4) is 5.75 Å². The molecule has 0 saturated heterocycles. The molecular weight excluding hydrogens is 182 g/mol. The maximum absolute atomic E-state index is 12.2. The molecule has 0 amide bonds. The van der Waals surface area contributed by atoms with Crippen LogP contribution in [0.25, 0.3) is 0 Å². The summed E-state index contributed by atoms with van der Waals surface area (Å²) in [7, 11) is 0. The molecule has 0 unspecified atom stereocenters. The van der Waals surface area contributed by atoms with Gasteiger partial charge in [-0.05, 0) is 6.07 Å². The first-order valence-corrected chi connectivity index (χ1v) is 3.29. The Morgan fingerprint density at radius 3 is 2.69 bits per heavy atom. The third-order valence-corrected chi connectivity index (χ3v) is 1.42. The Labute approximate surface area is 72.0 Å². The van der Waals surface area contributed by atoms with Gasteiger partial charge < -0.3 is 10.8 Å². The van der Waals surface area contributed by atoms with E-state index in [4.69, 9.17) is 10.8 Å². The number of hydrogen-bond acceptors (Lipinski definition) is 4. The van der Waals surface area contributed by atoms with E-state index in [0.717, 1.165) is 6.07 Å². The summed E-state index contributed by atoms with van der Waals surface area (Å²) in [4.78, 5) is 13.6. The molecule has 0 spiro atoms. The molecule has 0 radical (unpaired) electrons. The Morgan fingerprint density at radius 2 is 2.23 bits per heavy atom. The number of halogens is 2. The van der Waals surface area contributed by atoms with Crippen LogP contribution in [0.15, 0.2) is 6.07 Å². The number of aromatic nitrogens is 1. The number of nitrogens with zero attached hydrogens (tertiary/aromatic N) is 1. The zero-order valence-corrected chi connectivity index (χ0v) is 6.37. The molecule has 0 aliphatic rings. The van der Waals surface area contributed by atoms with E-state index >= 15 is 0 Å². The van der Waals surface area contributed by atoms with Gasteiger partial charge in [0.2, 0.25) is 0 Å². The van der Waals surface area contributed by atoms with Crippen molar-refractivity contribution in [2.75, 3.05) is 5.73 Å². The monoisotopic (exact) mass is 188 g/mol. The van der Waals surface area contributed by atoms with Gasteiger partial charge in [0.15, 0.2) is 17.9 Å². The lowest BCUT2D eigenvalue weighted by Gasteiger charge is -2.05. The highest BCUT2D eigenvalue weighted by atomic mass is 19.3. The minimum absolute atomic E-state index is 0.231. The fourth-order valence-corrected chi connectivity index (χ4v) is 0.827. The number of aromatic hydroxyl groups is 1. The number of carbonyl (C=O) groups is 1. The van der Waals surface area contributed by atoms with E-state index in [2.05, 4.69) is 4.98 Å². The van der Waals surface area contributed by atoms with Crippen LogP contribution in [0.5, 0.6) is 5.75 Å². The van der Waals surface area contributed by atoms with E-state index in [0.29, 0.717) is 0 Å². The highest BCUT2D eigenvalue weighted by Crippen LogP contribution is 2.31. The van der Waals surface area contributed by atoms with Crippen molar-refractivity contribution in [3.05, 3.63) is 17.3 Å². The highest BCUT2D eigenvalue weighted by Gasteiger charge is 2.17. The first-order chi connectivity index (χ1) is 6.06. The molecule has 0 aromatic carbocycles. The lowest BCUT2D eigenvalue weighted by molar-refractivity contribution is 0.111. The Kier molecular flexibility index (Phi) is 2.41. The van der Waals surface area contributed by atoms with Crippen molar-refractivity contribution in [3.63, 3.8) is 0 Å². The van der Waals surface area contributed by atoms with Crippen LogP contribution in [0.1, 0.15) is 22.5 Å². The average molecular weight is 188 g/mol. The largest absolute Gasteiger partial charge is 0.504 e. The van der Waals surface area contributed by atoms with E-state index in [1.807, 2.05) is 0 Å². The van der Waals surface area contributed by atoms with Gasteiger partial charge in [0.05, 0.1) is 5.56 Å². The zero-order chi connectivity index (χ0) is 10.0. The first-order valence-electron chi connectivity index (χ1n) is 3.29. The topological polar surface area (TPSA) is 76.2 Å². The second-order valence-electron chi connectivity index (χ2n) is 2.29. The number of carbonyl (C=O) groups excluding carboxylic acids is 1. The summed E-state index contributed by atoms with van der Waals surface area (Å²) in [6.45, 7) is 0. The smallest absolute Gasteiger partial charge is 0.267 e. The summed E-state index contributed by atoms with van der Waals surface area (Å²) in [5, 5.41) is 9.00. The predicted octanol–water partition coefficient (Wildman–Crippen LogP) is 1.12. The van der Waals surface area contributed by atoms with E-state index in [1.54, 1.807) is 0 Å². The molecule has 0 aliphatic heterocycles. The van der Waals surface area contributed by atoms with Crippen LogP contribution in [-0.4, -0.2) is 16.4 Å². The quantitative estimate of drug-likeness (QED) is 0.682. The minimum Gasteiger partial charge on any atom is -0.504 e. The third kappa shape index (κ3) is 1.71. The van der Waals surface area contributed by atoms with Gasteiger partial charge in [-0.15, -0.1) is 0 Å². The molecule has 0 fully saturated rings. The van der Waals surface area contributed by atoms with E-state index in [1.165, 1.54) is 0 Å². The number of rotatable bonds is 2. The summed E-state index contributed by atoms with van der Waals surface area (Å²) < 4.78 is 24.3. The molecule has 3 N–H and O–H groups in total. The summed E-state index contributed by atoms with van der Waals surface area (Å²) in [5.41, 5.74) is 4.16. The molecule has 13 heavy (non-hydrogen) atoms. The van der Waals surface area contributed by atoms with Gasteiger partial charge in [0, 0.05) is 0 Å². The van der Waals surface area contributed by atoms with Crippen molar-refractivity contribution in [2.45, 2.75) is 6.43 Å². The number of aldehydes is 1. The molecule has 1 aromatic heterocycles. The molecule has 70 valence electrons. The maximum atomic E-state index is 12.2. The van der Waals surface area contributed by atoms with Crippen LogP contribution >= 0.6 is 0 Å². The van der Waals surface area contributed by atoms with Gasteiger partial charge in [0.1, 0.15) is 5.69 Å². The van der Waals surface area contributed by atoms with Crippen LogP contribution in [0.3, 0.4) is 0 Å². The molecule has 6 heteroatoms. The first kappa shape index (κ1) is 9.37. The van der Waals surface area contributed by atoms with Crippen molar-refractivity contribution in [1.82, 2.24) is 4.98 Å². The molecule has 0 aliphatic carbocycles. The van der Waals surface area contributed by atoms with Crippen LogP contribution in [0, 0.1) is 0 Å². The summed E-state index contributed by atoms with van der Waals surface area (Å²) in [6.07, 6.45) is -2.61. The average Bonchev–Trinajstić information content (AvgIpc) is 2.09. The summed E-state index contributed by atoms with van der Waals surface area (Å²) in [5.74, 6) is -1.25. The Balaban J connectivity index is 3.32. The molecule has 1 rings (SSSR count). The van der Waals surface area contributed by atoms with Gasteiger partial charge in [-0.1, -0.05) is 0 Å². The van der Waals surface area contributed by atoms with Gasteiger partial charge in [-0.3, -0.25) is 4.79 Å². The lowest BCUT2D eigenvalue weighted by atomic mass is 10.2. The van der Waals surface area contributed by atoms with E-state index in [-0.39, 0.29) is 12.0 Å². The number of nitrogen functional groups attached to an aromatic ring is 1. The Bertz CT molecular complexity index is 342. The lowest BCUT2D eigenvalue weighted by Crippen LogP contribution is -1.99. The van der Waals surface area contributed by atoms with E-state index in [9.17, 15) is 13.6 Å². The van der Waals surface area contributed by atoms with E-state index < -0.39 is 23.6 Å². The SMILES string of the molecule is Nc1nc(C=O)cc(C(F)F)c1O. The molecule has 1 heterocycles. The van der Waals surface area contributed by atoms with Crippen molar-refractivity contribution in [1.29, 1.82) is 0 Å². The van der Waals surface area contributed by atoms with Gasteiger partial charge >= 0.3 is 0 Å². The van der Waals surface area contributed by atoms with Crippen molar-refractivity contribution < 1.29 is 18.7 Å². The number of nitrogens with two attached hydrogens (primary N) is 1. The summed E-state index contributed by atoms with van der Waals surface area (Å²) in [6, 6.07) is 0.795. The molecule has 0 atom stereocenters. The van der Waals surface area contributed by atoms with Crippen LogP contribution < -0.4 is 5.73 Å². The predicted molar refractivity (Wildman–Crippen MR) is 40.7 cm³/mol. The highest BCUT2D eigenvalue weighted by molar-refractivity contribution is 5.74. The standard InChI is InChI=1S/C7H6F2N2O2/c8-6(9)4-1-3(2-12)11-7(10)5(4)13/h1-2,6,13H,(H2,10,11). The molecule has 4 nitrogen and oxygen atoms in total. The summed E-state index contributed by atoms with van der Waals surface area (Å²) >= 11 is 0. The molecule has 0 bridgehead atoms. The fourth-order valence-electron chi connectivity index (χ4n) is 0.827. The number of pyridine rings is 1. The molecule has 1 aromatic rings. The normalized spacial score (nSPS) is 10.4. The zero-order valence-electron chi connectivity index (χ0n) is 6.37. The van der Waals surface area contributed by atoms with Gasteiger partial charge in [-0.25, -0.2) is 13.8 Å². The van der Waals surface area contributed by atoms with Gasteiger partial charge in [-0.2, -0.15) is 0 Å². The minimum atomic E-state index is -2.89. The fraction of sp³-hybridized carbons (Fsp3) is 0.143. The third-order valence-electron chi connectivity index (χ3n) is 1.42. The second-order valence-corrected chi connectivity index (χ2v) is 2.29.